The number of hydrogen-bond acceptors (Lipinski definition) is 2. The summed E-state index contributed by atoms with van der Waals surface area (Å²) in [6, 6.07) is 26.4. The van der Waals surface area contributed by atoms with Crippen LogP contribution in [0.25, 0.3) is 10.6 Å². The van der Waals surface area contributed by atoms with Crippen LogP contribution in [0.4, 0.5) is 22.7 Å². The van der Waals surface area contributed by atoms with Crippen LogP contribution in [0.5, 0.6) is 0 Å². The maximum atomic E-state index is 5.32. The van der Waals surface area contributed by atoms with E-state index in [4.69, 9.17) is 20.6 Å². The summed E-state index contributed by atoms with van der Waals surface area (Å²) in [4.78, 5) is 10.6. The summed E-state index contributed by atoms with van der Waals surface area (Å²) in [6.45, 7) is 49.3. The van der Waals surface area contributed by atoms with Crippen LogP contribution in [-0.4, -0.2) is 46.4 Å². The molecule has 0 N–H and O–H groups in total. The van der Waals surface area contributed by atoms with E-state index in [2.05, 4.69) is 225 Å². The second-order valence-corrected chi connectivity index (χ2v) is 22.0. The van der Waals surface area contributed by atoms with E-state index in [1.807, 2.05) is 0 Å². The van der Waals surface area contributed by atoms with Gasteiger partial charge in [-0.05, 0) is 125 Å². The molecule has 6 heteroatoms. The van der Waals surface area contributed by atoms with E-state index in [9.17, 15) is 0 Å². The van der Waals surface area contributed by atoms with E-state index in [1.54, 1.807) is 0 Å². The summed E-state index contributed by atoms with van der Waals surface area (Å²) in [5, 5.41) is 10.6. The molecule has 0 aliphatic rings. The number of benzene rings is 4. The molecular weight excluding hydrogens is 807 g/mol. The quantitative estimate of drug-likeness (QED) is 0.0773. The molecule has 0 amide bonds. The van der Waals surface area contributed by atoms with Gasteiger partial charge in [0.2, 0.25) is 0 Å². The third kappa shape index (κ3) is 15.5. The molecule has 0 aliphatic carbocycles. The molecule has 0 saturated heterocycles. The minimum Gasteiger partial charge on any atom is -1.00 e. The summed E-state index contributed by atoms with van der Waals surface area (Å²) in [5.41, 5.74) is 14.4. The normalized spacial score (nSPS) is 12.7. The van der Waals surface area contributed by atoms with Gasteiger partial charge in [0.05, 0.1) is 0 Å². The number of hydrogen-bond donors (Lipinski definition) is 0. The van der Waals surface area contributed by atoms with Crippen LogP contribution < -0.4 is 0 Å². The van der Waals surface area contributed by atoms with Gasteiger partial charge in [0.25, 0.3) is 0 Å². The van der Waals surface area contributed by atoms with E-state index >= 15 is 0 Å². The van der Waals surface area contributed by atoms with Crippen molar-refractivity contribution in [1.82, 2.24) is 0 Å². The van der Waals surface area contributed by atoms with Gasteiger partial charge < -0.3 is 26.3 Å². The molecule has 0 atom stereocenters. The van der Waals surface area contributed by atoms with Crippen molar-refractivity contribution >= 4 is 69.1 Å². The molecule has 4 aromatic rings. The SMILES string of the molecule is CC(C)c1cccc(C(C)C)c1N=C([N-]c1c(C(C)C)cccc1C(C)C)C(C)(C)C.CC(C)c1cccc(C(C)C)c1N=C([N-]c1c(C(C)C)cccc1C(C)C)C(C)(C)C.[Al+3].[Al+3].[H-].[H-].[H-].[H-]. The Bertz CT molecular complexity index is 1900. The van der Waals surface area contributed by atoms with Gasteiger partial charge >= 0.3 is 34.7 Å². The largest absolute Gasteiger partial charge is 3.00 e. The number of rotatable bonds is 12. The first-order valence-corrected chi connectivity index (χ1v) is 23.8. The Hall–Kier alpha value is -3.12. The monoisotopic (exact) mass is 897 g/mol. The molecule has 0 bridgehead atoms. The fourth-order valence-corrected chi connectivity index (χ4v) is 7.71. The van der Waals surface area contributed by atoms with Crippen molar-refractivity contribution in [3.05, 3.63) is 128 Å². The Balaban J connectivity index is -0.000000554. The van der Waals surface area contributed by atoms with E-state index < -0.39 is 0 Å². The van der Waals surface area contributed by atoms with Gasteiger partial charge in [0.1, 0.15) is 0 Å². The third-order valence-electron chi connectivity index (χ3n) is 11.6. The standard InChI is InChI=1S/2C29H43N2.2Al.4H/c2*1-18(2)22-14-12-15-23(19(3)4)26(22)30-28(29(9,10)11)31-27-24(20(5)6)16-13-17-25(27)21(7)8;;;;;;/h2*12-21H,1-11H3;;;;;;/q2*-1;2*+3;4*-1. The molecule has 64 heavy (non-hydrogen) atoms. The third-order valence-corrected chi connectivity index (χ3v) is 11.6. The predicted molar refractivity (Wildman–Crippen MR) is 294 cm³/mol. The molecule has 4 nitrogen and oxygen atoms in total. The van der Waals surface area contributed by atoms with Crippen LogP contribution in [0, 0.1) is 10.8 Å². The molecule has 0 aliphatic heterocycles. The second kappa shape index (κ2) is 25.1. The van der Waals surface area contributed by atoms with Gasteiger partial charge in [0, 0.05) is 0 Å². The van der Waals surface area contributed by atoms with Crippen molar-refractivity contribution in [2.75, 3.05) is 0 Å². The Morgan fingerprint density at radius 1 is 0.344 bits per heavy atom. The fourth-order valence-electron chi connectivity index (χ4n) is 7.71. The number of nitrogens with zero attached hydrogens (tertiary/aromatic N) is 4. The first-order chi connectivity index (χ1) is 28.7. The van der Waals surface area contributed by atoms with Crippen LogP contribution >= 0.6 is 0 Å². The fraction of sp³-hybridized carbons (Fsp3) is 0.552. The molecule has 4 aromatic carbocycles. The van der Waals surface area contributed by atoms with E-state index in [1.165, 1.54) is 44.5 Å². The average Bonchev–Trinajstić information content (AvgIpc) is 3.16. The molecule has 348 valence electrons. The summed E-state index contributed by atoms with van der Waals surface area (Å²) in [7, 11) is 0. The first-order valence-electron chi connectivity index (χ1n) is 23.8. The van der Waals surface area contributed by atoms with Crippen molar-refractivity contribution in [2.24, 2.45) is 20.8 Å². The zero-order valence-corrected chi connectivity index (χ0v) is 46.8. The minimum absolute atomic E-state index is 0. The predicted octanol–water partition coefficient (Wildman–Crippen LogP) is 19.6. The van der Waals surface area contributed by atoms with Crippen LogP contribution in [0.15, 0.2) is 82.8 Å². The summed E-state index contributed by atoms with van der Waals surface area (Å²) in [5.74, 6) is 5.08. The number of aliphatic imine (C=N–C) groups is 2. The molecule has 0 saturated carbocycles. The van der Waals surface area contributed by atoms with E-state index in [0.717, 1.165) is 34.4 Å². The van der Waals surface area contributed by atoms with Crippen LogP contribution in [0.3, 0.4) is 0 Å². The van der Waals surface area contributed by atoms with Crippen molar-refractivity contribution < 1.29 is 5.71 Å². The molecule has 4 rings (SSSR count). The number of para-hydroxylation sites is 4. The molecule has 0 unspecified atom stereocenters. The van der Waals surface area contributed by atoms with Crippen molar-refractivity contribution in [3.8, 4) is 0 Å². The smallest absolute Gasteiger partial charge is 1.00 e. The number of amidine groups is 2. The Morgan fingerprint density at radius 3 is 0.672 bits per heavy atom. The maximum Gasteiger partial charge on any atom is 3.00 e. The molecule has 0 fully saturated rings. The molecular formula is C58H90Al2N4. The van der Waals surface area contributed by atoms with Gasteiger partial charge in [-0.3, -0.25) is 0 Å². The summed E-state index contributed by atoms with van der Waals surface area (Å²) >= 11 is 0. The van der Waals surface area contributed by atoms with E-state index in [-0.39, 0.29) is 51.3 Å². The zero-order chi connectivity index (χ0) is 47.0. The Labute approximate surface area is 421 Å². The average molecular weight is 897 g/mol. The van der Waals surface area contributed by atoms with Gasteiger partial charge in [-0.1, -0.05) is 237 Å². The van der Waals surface area contributed by atoms with Gasteiger partial charge in [0.15, 0.2) is 0 Å². The molecule has 0 radical (unpaired) electrons. The summed E-state index contributed by atoms with van der Waals surface area (Å²) < 4.78 is 0. The van der Waals surface area contributed by atoms with Gasteiger partial charge in [-0.15, -0.1) is 0 Å². The van der Waals surface area contributed by atoms with Crippen LogP contribution in [0.2, 0.25) is 0 Å². The Kier molecular flexibility index (Phi) is 23.1. The van der Waals surface area contributed by atoms with Crippen molar-refractivity contribution in [1.29, 1.82) is 0 Å². The van der Waals surface area contributed by atoms with E-state index in [0.29, 0.717) is 47.3 Å². The zero-order valence-electron chi connectivity index (χ0n) is 48.5. The van der Waals surface area contributed by atoms with Crippen molar-refractivity contribution in [2.45, 2.75) is 200 Å². The first kappa shape index (κ1) is 58.9. The van der Waals surface area contributed by atoms with Gasteiger partial charge in [-0.25, -0.2) is 0 Å². The second-order valence-electron chi connectivity index (χ2n) is 22.0. The van der Waals surface area contributed by atoms with Gasteiger partial charge in [-0.2, -0.15) is 0 Å². The summed E-state index contributed by atoms with van der Waals surface area (Å²) in [6.07, 6.45) is 0. The van der Waals surface area contributed by atoms with Crippen LogP contribution in [-0.2, 0) is 0 Å². The van der Waals surface area contributed by atoms with Crippen LogP contribution in [0.1, 0.15) is 250 Å². The maximum absolute atomic E-state index is 5.32. The molecule has 0 spiro atoms. The minimum atomic E-state index is -0.170. The molecule has 0 aromatic heterocycles. The Morgan fingerprint density at radius 2 is 0.516 bits per heavy atom. The molecule has 0 heterocycles. The van der Waals surface area contributed by atoms with Crippen molar-refractivity contribution in [3.63, 3.8) is 0 Å². The topological polar surface area (TPSA) is 52.9 Å².